The second-order valence-corrected chi connectivity index (χ2v) is 6.55. The lowest BCUT2D eigenvalue weighted by Crippen LogP contribution is -2.19. The van der Waals surface area contributed by atoms with E-state index in [-0.39, 0.29) is 5.69 Å². The van der Waals surface area contributed by atoms with Gasteiger partial charge in [-0.25, -0.2) is 9.97 Å². The molecule has 0 saturated carbocycles. The largest absolute Gasteiger partial charge is 0.364 e. The Morgan fingerprint density at radius 2 is 1.21 bits per heavy atom. The Hall–Kier alpha value is -3.99. The minimum absolute atomic E-state index is 0.125. The van der Waals surface area contributed by atoms with E-state index >= 15 is 0 Å². The van der Waals surface area contributed by atoms with Crippen molar-refractivity contribution in [2.45, 2.75) is 6.54 Å². The van der Waals surface area contributed by atoms with E-state index in [0.717, 1.165) is 16.7 Å². The second-order valence-electron chi connectivity index (χ2n) is 6.55. The van der Waals surface area contributed by atoms with Crippen LogP contribution >= 0.6 is 0 Å². The molecule has 0 aliphatic rings. The average molecular weight is 380 g/mol. The molecule has 4 aromatic rings. The van der Waals surface area contributed by atoms with Crippen LogP contribution in [-0.4, -0.2) is 15.9 Å². The van der Waals surface area contributed by atoms with Crippen molar-refractivity contribution in [2.75, 3.05) is 5.32 Å². The number of amides is 1. The van der Waals surface area contributed by atoms with Gasteiger partial charge >= 0.3 is 0 Å². The monoisotopic (exact) mass is 380 g/mol. The number of anilines is 1. The molecule has 1 amide bonds. The molecule has 0 aliphatic carbocycles. The Labute approximate surface area is 169 Å². The van der Waals surface area contributed by atoms with E-state index in [4.69, 9.17) is 10.7 Å². The molecule has 142 valence electrons. The first-order valence-corrected chi connectivity index (χ1v) is 9.33. The Balaban J connectivity index is 1.84. The minimum atomic E-state index is -0.621. The molecule has 0 radical (unpaired) electrons. The fourth-order valence-corrected chi connectivity index (χ4v) is 3.11. The Morgan fingerprint density at radius 3 is 1.72 bits per heavy atom. The zero-order chi connectivity index (χ0) is 20.1. The molecule has 0 atom stereocenters. The van der Waals surface area contributed by atoms with E-state index in [1.807, 2.05) is 91.0 Å². The molecule has 29 heavy (non-hydrogen) atoms. The van der Waals surface area contributed by atoms with Gasteiger partial charge in [-0.3, -0.25) is 4.79 Å². The summed E-state index contributed by atoms with van der Waals surface area (Å²) in [6.45, 7) is 0.509. The lowest BCUT2D eigenvalue weighted by Gasteiger charge is -2.15. The van der Waals surface area contributed by atoms with Crippen molar-refractivity contribution in [1.29, 1.82) is 0 Å². The van der Waals surface area contributed by atoms with Crippen molar-refractivity contribution >= 4 is 11.7 Å². The van der Waals surface area contributed by atoms with E-state index < -0.39 is 5.91 Å². The van der Waals surface area contributed by atoms with E-state index in [0.29, 0.717) is 23.8 Å². The molecule has 5 nitrogen and oxygen atoms in total. The summed E-state index contributed by atoms with van der Waals surface area (Å²) < 4.78 is 0. The molecule has 1 aromatic heterocycles. The summed E-state index contributed by atoms with van der Waals surface area (Å²) in [5.74, 6) is -0.246. The summed E-state index contributed by atoms with van der Waals surface area (Å²) in [6, 6.07) is 29.4. The minimum Gasteiger partial charge on any atom is -0.364 e. The third-order valence-corrected chi connectivity index (χ3v) is 4.53. The van der Waals surface area contributed by atoms with Gasteiger partial charge in [0.25, 0.3) is 5.91 Å². The van der Waals surface area contributed by atoms with Gasteiger partial charge in [0.2, 0.25) is 0 Å². The standard InChI is InChI=1S/C24H20N4O/c25-23(29)22-24(26-16-17-10-4-1-5-11-17)28-21(19-14-8-3-9-15-19)20(27-22)18-12-6-2-7-13-18/h1-15H,16H2,(H2,25,29)(H,26,28). The molecule has 3 N–H and O–H groups in total. The van der Waals surface area contributed by atoms with Crippen molar-refractivity contribution in [3.8, 4) is 22.5 Å². The van der Waals surface area contributed by atoms with Crippen LogP contribution in [0.3, 0.4) is 0 Å². The number of nitrogens with one attached hydrogen (secondary N) is 1. The topological polar surface area (TPSA) is 80.9 Å². The van der Waals surface area contributed by atoms with Crippen molar-refractivity contribution in [2.24, 2.45) is 5.73 Å². The van der Waals surface area contributed by atoms with Crippen molar-refractivity contribution < 1.29 is 4.79 Å². The van der Waals surface area contributed by atoms with Crippen molar-refractivity contribution in [3.05, 3.63) is 102 Å². The summed E-state index contributed by atoms with van der Waals surface area (Å²) in [5.41, 5.74) is 9.93. The molecule has 0 saturated heterocycles. The van der Waals surface area contributed by atoms with Crippen LogP contribution in [0.4, 0.5) is 5.82 Å². The lowest BCUT2D eigenvalue weighted by molar-refractivity contribution is 0.0996. The number of nitrogens with two attached hydrogens (primary N) is 1. The molecule has 5 heteroatoms. The third-order valence-electron chi connectivity index (χ3n) is 4.53. The summed E-state index contributed by atoms with van der Waals surface area (Å²) >= 11 is 0. The van der Waals surface area contributed by atoms with Gasteiger partial charge in [0.05, 0.1) is 11.4 Å². The molecule has 4 rings (SSSR count). The van der Waals surface area contributed by atoms with Gasteiger partial charge in [0.1, 0.15) is 0 Å². The maximum absolute atomic E-state index is 12.1. The van der Waals surface area contributed by atoms with Crippen LogP contribution < -0.4 is 11.1 Å². The smallest absolute Gasteiger partial charge is 0.271 e. The van der Waals surface area contributed by atoms with Crippen LogP contribution in [0, 0.1) is 0 Å². The first-order chi connectivity index (χ1) is 14.2. The molecule has 1 heterocycles. The molecule has 0 fully saturated rings. The lowest BCUT2D eigenvalue weighted by atomic mass is 10.0. The van der Waals surface area contributed by atoms with Gasteiger partial charge in [-0.2, -0.15) is 0 Å². The van der Waals surface area contributed by atoms with E-state index in [9.17, 15) is 4.79 Å². The summed E-state index contributed by atoms with van der Waals surface area (Å²) in [4.78, 5) is 21.6. The summed E-state index contributed by atoms with van der Waals surface area (Å²) in [5, 5.41) is 3.23. The average Bonchev–Trinajstić information content (AvgIpc) is 2.79. The highest BCUT2D eigenvalue weighted by atomic mass is 16.1. The summed E-state index contributed by atoms with van der Waals surface area (Å²) in [6.07, 6.45) is 0. The molecule has 0 aliphatic heterocycles. The van der Waals surface area contributed by atoms with Gasteiger partial charge in [0.15, 0.2) is 11.5 Å². The van der Waals surface area contributed by atoms with Gasteiger partial charge in [-0.1, -0.05) is 91.0 Å². The first kappa shape index (κ1) is 18.4. The van der Waals surface area contributed by atoms with Crippen molar-refractivity contribution in [3.63, 3.8) is 0 Å². The van der Waals surface area contributed by atoms with E-state index in [1.165, 1.54) is 0 Å². The van der Waals surface area contributed by atoms with Gasteiger partial charge in [0, 0.05) is 17.7 Å². The van der Waals surface area contributed by atoms with Gasteiger partial charge in [-0.05, 0) is 5.56 Å². The molecule has 3 aromatic carbocycles. The Kier molecular flexibility index (Phi) is 5.29. The maximum atomic E-state index is 12.1. The number of aromatic nitrogens is 2. The quantitative estimate of drug-likeness (QED) is 0.515. The van der Waals surface area contributed by atoms with Crippen LogP contribution in [0.1, 0.15) is 16.1 Å². The summed E-state index contributed by atoms with van der Waals surface area (Å²) in [7, 11) is 0. The van der Waals surface area contributed by atoms with Crippen LogP contribution in [0.25, 0.3) is 22.5 Å². The molecule has 0 bridgehead atoms. The van der Waals surface area contributed by atoms with Crippen LogP contribution in [-0.2, 0) is 6.54 Å². The molecule has 0 unspecified atom stereocenters. The number of hydrogen-bond acceptors (Lipinski definition) is 4. The van der Waals surface area contributed by atoms with E-state index in [2.05, 4.69) is 10.3 Å². The predicted octanol–water partition coefficient (Wildman–Crippen LogP) is 4.52. The zero-order valence-corrected chi connectivity index (χ0v) is 15.7. The highest BCUT2D eigenvalue weighted by Crippen LogP contribution is 2.31. The highest BCUT2D eigenvalue weighted by Gasteiger charge is 2.19. The Bertz CT molecular complexity index is 1110. The number of nitrogens with zero attached hydrogens (tertiary/aromatic N) is 2. The SMILES string of the molecule is NC(=O)c1nc(-c2ccccc2)c(-c2ccccc2)nc1NCc1ccccc1. The number of carbonyl (C=O) groups is 1. The Morgan fingerprint density at radius 1 is 0.724 bits per heavy atom. The molecular weight excluding hydrogens is 360 g/mol. The van der Waals surface area contributed by atoms with Crippen LogP contribution in [0.2, 0.25) is 0 Å². The third kappa shape index (κ3) is 4.14. The van der Waals surface area contributed by atoms with Gasteiger partial charge in [-0.15, -0.1) is 0 Å². The fraction of sp³-hybridized carbons (Fsp3) is 0.0417. The van der Waals surface area contributed by atoms with Gasteiger partial charge < -0.3 is 11.1 Å². The number of hydrogen-bond donors (Lipinski definition) is 2. The highest BCUT2D eigenvalue weighted by molar-refractivity contribution is 5.97. The number of benzene rings is 3. The zero-order valence-electron chi connectivity index (χ0n) is 15.7. The normalized spacial score (nSPS) is 10.5. The number of carbonyl (C=O) groups excluding carboxylic acids is 1. The molecule has 0 spiro atoms. The van der Waals surface area contributed by atoms with Crippen LogP contribution in [0.5, 0.6) is 0 Å². The van der Waals surface area contributed by atoms with Crippen molar-refractivity contribution in [1.82, 2.24) is 9.97 Å². The fourth-order valence-electron chi connectivity index (χ4n) is 3.11. The number of rotatable bonds is 6. The maximum Gasteiger partial charge on any atom is 0.271 e. The molecular formula is C24H20N4O. The first-order valence-electron chi connectivity index (χ1n) is 9.33. The predicted molar refractivity (Wildman–Crippen MR) is 115 cm³/mol. The second kappa shape index (κ2) is 8.35. The van der Waals surface area contributed by atoms with Crippen LogP contribution in [0.15, 0.2) is 91.0 Å². The van der Waals surface area contributed by atoms with E-state index in [1.54, 1.807) is 0 Å². The number of primary amides is 1.